The van der Waals surface area contributed by atoms with E-state index >= 15 is 0 Å². The molecule has 30 heavy (non-hydrogen) atoms. The standard InChI is InChI=1S/C16H22N2O.C7H6F2.C2H6/c1-11(10-19)8-18-9-16-14(7-12(18)2)13-5-3-4-6-15(13)17-16;1-5-2-6(8)4-7(9)3-5;1-2/h3-6,11-12,17,19H,7-10H2,1-2H3;2-4H,1H3;1-2H3/t11-,12-;;/m1../s1. The fourth-order valence-electron chi connectivity index (χ4n) is 3.80. The molecule has 1 aliphatic heterocycles. The highest BCUT2D eigenvalue weighted by Gasteiger charge is 2.26. The Kier molecular flexibility index (Phi) is 9.00. The van der Waals surface area contributed by atoms with Gasteiger partial charge in [-0.15, -0.1) is 0 Å². The smallest absolute Gasteiger partial charge is 0.126 e. The number of benzene rings is 2. The van der Waals surface area contributed by atoms with Crippen LogP contribution in [0.2, 0.25) is 0 Å². The van der Waals surface area contributed by atoms with E-state index in [1.807, 2.05) is 13.8 Å². The largest absolute Gasteiger partial charge is 0.396 e. The van der Waals surface area contributed by atoms with Gasteiger partial charge >= 0.3 is 0 Å². The molecular formula is C25H34F2N2O. The van der Waals surface area contributed by atoms with Crippen molar-refractivity contribution in [3.05, 3.63) is 70.9 Å². The van der Waals surface area contributed by atoms with Gasteiger partial charge in [0, 0.05) is 48.4 Å². The summed E-state index contributed by atoms with van der Waals surface area (Å²) in [7, 11) is 0. The van der Waals surface area contributed by atoms with Gasteiger partial charge < -0.3 is 10.1 Å². The number of hydrogen-bond donors (Lipinski definition) is 2. The number of para-hydroxylation sites is 1. The zero-order valence-electron chi connectivity index (χ0n) is 18.7. The Hall–Kier alpha value is -2.24. The van der Waals surface area contributed by atoms with Crippen LogP contribution in [0, 0.1) is 24.5 Å². The van der Waals surface area contributed by atoms with Gasteiger partial charge in [-0.3, -0.25) is 4.90 Å². The summed E-state index contributed by atoms with van der Waals surface area (Å²) >= 11 is 0. The van der Waals surface area contributed by atoms with Gasteiger partial charge in [-0.05, 0) is 55.5 Å². The quantitative estimate of drug-likeness (QED) is 0.563. The number of hydrogen-bond acceptors (Lipinski definition) is 2. The van der Waals surface area contributed by atoms with Crippen molar-refractivity contribution in [2.24, 2.45) is 5.92 Å². The molecule has 3 aromatic rings. The number of rotatable bonds is 3. The lowest BCUT2D eigenvalue weighted by molar-refractivity contribution is 0.127. The third-order valence-corrected chi connectivity index (χ3v) is 5.25. The first-order valence-corrected chi connectivity index (χ1v) is 10.7. The van der Waals surface area contributed by atoms with Gasteiger partial charge in [0.2, 0.25) is 0 Å². The van der Waals surface area contributed by atoms with E-state index in [4.69, 9.17) is 0 Å². The predicted octanol–water partition coefficient (Wildman–Crippen LogP) is 5.84. The minimum atomic E-state index is -0.521. The normalized spacial score (nSPS) is 16.7. The average molecular weight is 417 g/mol. The zero-order valence-corrected chi connectivity index (χ0v) is 18.7. The second-order valence-electron chi connectivity index (χ2n) is 7.84. The molecule has 0 radical (unpaired) electrons. The van der Waals surface area contributed by atoms with E-state index in [1.165, 1.54) is 34.3 Å². The van der Waals surface area contributed by atoms with Crippen molar-refractivity contribution in [2.75, 3.05) is 13.2 Å². The van der Waals surface area contributed by atoms with Crippen LogP contribution in [0.25, 0.3) is 10.9 Å². The minimum Gasteiger partial charge on any atom is -0.396 e. The molecule has 1 aliphatic rings. The van der Waals surface area contributed by atoms with Crippen LogP contribution in [-0.2, 0) is 13.0 Å². The topological polar surface area (TPSA) is 39.3 Å². The molecule has 0 amide bonds. The Balaban J connectivity index is 0.000000245. The van der Waals surface area contributed by atoms with E-state index in [0.717, 1.165) is 25.6 Å². The Morgan fingerprint density at radius 2 is 1.77 bits per heavy atom. The molecule has 0 saturated heterocycles. The zero-order chi connectivity index (χ0) is 22.3. The number of nitrogens with zero attached hydrogens (tertiary/aromatic N) is 1. The molecule has 164 valence electrons. The van der Waals surface area contributed by atoms with Gasteiger partial charge in [-0.2, -0.15) is 0 Å². The van der Waals surface area contributed by atoms with Crippen LogP contribution in [0.3, 0.4) is 0 Å². The summed E-state index contributed by atoms with van der Waals surface area (Å²) < 4.78 is 24.4. The summed E-state index contributed by atoms with van der Waals surface area (Å²) in [6.07, 6.45) is 1.09. The number of aromatic amines is 1. The number of aromatic nitrogens is 1. The van der Waals surface area contributed by atoms with Gasteiger partial charge in [0.1, 0.15) is 11.6 Å². The maximum atomic E-state index is 12.2. The molecular weight excluding hydrogens is 382 g/mol. The van der Waals surface area contributed by atoms with Crippen molar-refractivity contribution in [1.82, 2.24) is 9.88 Å². The van der Waals surface area contributed by atoms with Crippen LogP contribution in [0.1, 0.15) is 44.5 Å². The molecule has 2 atom stereocenters. The molecule has 0 unspecified atom stereocenters. The molecule has 0 bridgehead atoms. The van der Waals surface area contributed by atoms with Crippen LogP contribution in [0.4, 0.5) is 8.78 Å². The number of nitrogens with one attached hydrogen (secondary N) is 1. The summed E-state index contributed by atoms with van der Waals surface area (Å²) in [5, 5.41) is 10.6. The highest BCUT2D eigenvalue weighted by atomic mass is 19.1. The maximum absolute atomic E-state index is 12.2. The molecule has 3 nitrogen and oxygen atoms in total. The van der Waals surface area contributed by atoms with E-state index in [1.54, 1.807) is 6.92 Å². The summed E-state index contributed by atoms with van der Waals surface area (Å²) in [4.78, 5) is 6.02. The molecule has 1 aromatic heterocycles. The van der Waals surface area contributed by atoms with E-state index in [9.17, 15) is 13.9 Å². The molecule has 5 heteroatoms. The van der Waals surface area contributed by atoms with Crippen LogP contribution in [0.15, 0.2) is 42.5 Å². The number of fused-ring (bicyclic) bond motifs is 3. The van der Waals surface area contributed by atoms with E-state index in [-0.39, 0.29) is 6.61 Å². The Morgan fingerprint density at radius 1 is 1.13 bits per heavy atom. The second-order valence-corrected chi connectivity index (χ2v) is 7.84. The molecule has 0 aliphatic carbocycles. The first-order chi connectivity index (χ1) is 14.4. The maximum Gasteiger partial charge on any atom is 0.126 e. The molecule has 4 rings (SSSR count). The average Bonchev–Trinajstić information content (AvgIpc) is 3.06. The SMILES string of the molecule is CC.C[C@@H](CO)CN1Cc2[nH]c3ccccc3c2C[C@H]1C.Cc1cc(F)cc(F)c1. The van der Waals surface area contributed by atoms with Crippen molar-refractivity contribution in [1.29, 1.82) is 0 Å². The van der Waals surface area contributed by atoms with Crippen LogP contribution >= 0.6 is 0 Å². The Morgan fingerprint density at radius 3 is 2.37 bits per heavy atom. The van der Waals surface area contributed by atoms with Crippen molar-refractivity contribution >= 4 is 10.9 Å². The summed E-state index contributed by atoms with van der Waals surface area (Å²) in [6.45, 7) is 12.2. The van der Waals surface area contributed by atoms with Crippen LogP contribution in [-0.4, -0.2) is 34.2 Å². The second kappa shape index (κ2) is 11.2. The number of aryl methyl sites for hydroxylation is 1. The van der Waals surface area contributed by atoms with Gasteiger partial charge in [0.25, 0.3) is 0 Å². The van der Waals surface area contributed by atoms with E-state index < -0.39 is 11.6 Å². The number of aliphatic hydroxyl groups excluding tert-OH is 1. The Bertz CT molecular complexity index is 888. The Labute approximate surface area is 178 Å². The van der Waals surface area contributed by atoms with Crippen LogP contribution in [0.5, 0.6) is 0 Å². The predicted molar refractivity (Wildman–Crippen MR) is 121 cm³/mol. The monoisotopic (exact) mass is 416 g/mol. The van der Waals surface area contributed by atoms with Crippen LogP contribution < -0.4 is 0 Å². The number of aliphatic hydroxyl groups is 1. The molecule has 0 spiro atoms. The van der Waals surface area contributed by atoms with Crippen molar-refractivity contribution in [3.8, 4) is 0 Å². The minimum absolute atomic E-state index is 0.267. The summed E-state index contributed by atoms with van der Waals surface area (Å²) in [5.74, 6) is -0.701. The van der Waals surface area contributed by atoms with Crippen molar-refractivity contribution < 1.29 is 13.9 Å². The molecule has 0 saturated carbocycles. The lowest BCUT2D eigenvalue weighted by Crippen LogP contribution is -2.41. The molecule has 2 aromatic carbocycles. The van der Waals surface area contributed by atoms with Gasteiger partial charge in [-0.25, -0.2) is 8.78 Å². The van der Waals surface area contributed by atoms with Crippen molar-refractivity contribution in [3.63, 3.8) is 0 Å². The highest BCUT2D eigenvalue weighted by Crippen LogP contribution is 2.30. The highest BCUT2D eigenvalue weighted by molar-refractivity contribution is 5.84. The van der Waals surface area contributed by atoms with Gasteiger partial charge in [0.15, 0.2) is 0 Å². The van der Waals surface area contributed by atoms with Crippen molar-refractivity contribution in [2.45, 2.75) is 53.6 Å². The third kappa shape index (κ3) is 6.13. The lowest BCUT2D eigenvalue weighted by Gasteiger charge is -2.35. The number of H-pyrrole nitrogens is 1. The first kappa shape index (κ1) is 24.0. The molecule has 2 N–H and O–H groups in total. The fourth-order valence-corrected chi connectivity index (χ4v) is 3.80. The van der Waals surface area contributed by atoms with E-state index in [0.29, 0.717) is 17.5 Å². The fraction of sp³-hybridized carbons (Fsp3) is 0.440. The molecule has 0 fully saturated rings. The van der Waals surface area contributed by atoms with E-state index in [2.05, 4.69) is 48.0 Å². The first-order valence-electron chi connectivity index (χ1n) is 10.7. The summed E-state index contributed by atoms with van der Waals surface area (Å²) in [6, 6.07) is 12.5. The number of halogens is 2. The van der Waals surface area contributed by atoms with Gasteiger partial charge in [-0.1, -0.05) is 39.0 Å². The lowest BCUT2D eigenvalue weighted by atomic mass is 9.96. The third-order valence-electron chi connectivity index (χ3n) is 5.25. The summed E-state index contributed by atoms with van der Waals surface area (Å²) in [5.41, 5.74) is 4.68. The van der Waals surface area contributed by atoms with Gasteiger partial charge in [0.05, 0.1) is 0 Å². The molecule has 2 heterocycles.